The highest BCUT2D eigenvalue weighted by molar-refractivity contribution is 5.55. The van der Waals surface area contributed by atoms with Crippen molar-refractivity contribution in [1.82, 2.24) is 9.88 Å². The van der Waals surface area contributed by atoms with Crippen LogP contribution in [0.15, 0.2) is 53.1 Å². The molecule has 4 rings (SSSR count). The van der Waals surface area contributed by atoms with E-state index in [4.69, 9.17) is 13.9 Å². The summed E-state index contributed by atoms with van der Waals surface area (Å²) in [5.74, 6) is 3.12. The topological polar surface area (TPSA) is 47.7 Å². The minimum absolute atomic E-state index is 0.695. The summed E-state index contributed by atoms with van der Waals surface area (Å²) in [6.07, 6.45) is 2.78. The van der Waals surface area contributed by atoms with Gasteiger partial charge in [-0.25, -0.2) is 4.98 Å². The lowest BCUT2D eigenvalue weighted by Crippen LogP contribution is -2.30. The molecular weight excluding hydrogens is 328 g/mol. The fraction of sp³-hybridized carbons (Fsp3) is 0.286. The van der Waals surface area contributed by atoms with Crippen molar-refractivity contribution in [3.8, 4) is 22.8 Å². The molecule has 134 valence electrons. The maximum atomic E-state index is 5.94. The Morgan fingerprint density at radius 2 is 1.77 bits per heavy atom. The van der Waals surface area contributed by atoms with E-state index < -0.39 is 0 Å². The number of methoxy groups -OCH3 is 2. The van der Waals surface area contributed by atoms with E-state index >= 15 is 0 Å². The largest absolute Gasteiger partial charge is 0.493 e. The van der Waals surface area contributed by atoms with E-state index in [2.05, 4.69) is 22.0 Å². The van der Waals surface area contributed by atoms with Gasteiger partial charge >= 0.3 is 0 Å². The highest BCUT2D eigenvalue weighted by Crippen LogP contribution is 2.33. The van der Waals surface area contributed by atoms with Crippen molar-refractivity contribution in [2.45, 2.75) is 19.5 Å². The van der Waals surface area contributed by atoms with Crippen LogP contribution < -0.4 is 9.47 Å². The number of nitrogens with zero attached hydrogens (tertiary/aromatic N) is 2. The third-order valence-electron chi connectivity index (χ3n) is 4.77. The van der Waals surface area contributed by atoms with E-state index in [-0.39, 0.29) is 0 Å². The molecule has 5 nitrogen and oxygen atoms in total. The van der Waals surface area contributed by atoms with Crippen LogP contribution in [0.3, 0.4) is 0 Å². The average molecular weight is 350 g/mol. The van der Waals surface area contributed by atoms with E-state index in [1.807, 2.05) is 30.3 Å². The van der Waals surface area contributed by atoms with Crippen molar-refractivity contribution in [2.75, 3.05) is 20.8 Å². The summed E-state index contributed by atoms with van der Waals surface area (Å²) in [4.78, 5) is 6.79. The molecule has 0 saturated heterocycles. The Morgan fingerprint density at radius 3 is 2.50 bits per heavy atom. The van der Waals surface area contributed by atoms with Crippen molar-refractivity contribution in [3.05, 3.63) is 65.7 Å². The van der Waals surface area contributed by atoms with Crippen LogP contribution in [0.1, 0.15) is 17.0 Å². The first-order valence-corrected chi connectivity index (χ1v) is 8.73. The zero-order chi connectivity index (χ0) is 17.9. The molecule has 0 aliphatic carbocycles. The maximum Gasteiger partial charge on any atom is 0.209 e. The standard InChI is InChI=1S/C21H22N2O3/c1-24-18-10-16-8-9-23(13-17(16)11-19(18)25-2)14-21-22-12-20(26-21)15-6-4-3-5-7-15/h3-7,10-12H,8-9,13-14H2,1-2H3. The molecule has 1 aromatic heterocycles. The molecule has 0 radical (unpaired) electrons. The number of aromatic nitrogens is 1. The Morgan fingerprint density at radius 1 is 1.04 bits per heavy atom. The van der Waals surface area contributed by atoms with E-state index in [0.29, 0.717) is 6.54 Å². The van der Waals surface area contributed by atoms with Gasteiger partial charge in [-0.05, 0) is 29.7 Å². The van der Waals surface area contributed by atoms with E-state index in [1.54, 1.807) is 20.4 Å². The third-order valence-corrected chi connectivity index (χ3v) is 4.77. The first-order chi connectivity index (χ1) is 12.8. The lowest BCUT2D eigenvalue weighted by molar-refractivity contribution is 0.221. The van der Waals surface area contributed by atoms with Gasteiger partial charge in [-0.15, -0.1) is 0 Å². The van der Waals surface area contributed by atoms with Crippen molar-refractivity contribution < 1.29 is 13.9 Å². The van der Waals surface area contributed by atoms with Crippen LogP contribution >= 0.6 is 0 Å². The number of oxazole rings is 1. The summed E-state index contributed by atoms with van der Waals surface area (Å²) >= 11 is 0. The van der Waals surface area contributed by atoms with Gasteiger partial charge in [0.1, 0.15) is 0 Å². The Labute approximate surface area is 153 Å². The number of rotatable bonds is 5. The predicted molar refractivity (Wildman–Crippen MR) is 99.3 cm³/mol. The van der Waals surface area contributed by atoms with Crippen LogP contribution in [0.2, 0.25) is 0 Å². The highest BCUT2D eigenvalue weighted by atomic mass is 16.5. The Balaban J connectivity index is 1.49. The van der Waals surface area contributed by atoms with Crippen LogP contribution in [0.4, 0.5) is 0 Å². The molecule has 0 spiro atoms. The first-order valence-electron chi connectivity index (χ1n) is 8.73. The summed E-state index contributed by atoms with van der Waals surface area (Å²) < 4.78 is 16.8. The summed E-state index contributed by atoms with van der Waals surface area (Å²) in [6, 6.07) is 14.2. The number of hydrogen-bond donors (Lipinski definition) is 0. The molecule has 1 aliphatic rings. The summed E-state index contributed by atoms with van der Waals surface area (Å²) in [5.41, 5.74) is 3.63. The summed E-state index contributed by atoms with van der Waals surface area (Å²) in [6.45, 7) is 2.50. The molecular formula is C21H22N2O3. The average Bonchev–Trinajstić information content (AvgIpc) is 3.16. The van der Waals surface area contributed by atoms with Gasteiger partial charge < -0.3 is 13.9 Å². The summed E-state index contributed by atoms with van der Waals surface area (Å²) in [5, 5.41) is 0. The second kappa shape index (κ2) is 7.22. The van der Waals surface area contributed by atoms with Crippen LogP contribution in [0.5, 0.6) is 11.5 Å². The molecule has 0 saturated carbocycles. The fourth-order valence-corrected chi connectivity index (χ4v) is 3.39. The minimum atomic E-state index is 0.695. The molecule has 0 fully saturated rings. The van der Waals surface area contributed by atoms with Crippen LogP contribution in [-0.4, -0.2) is 30.6 Å². The molecule has 5 heteroatoms. The Bertz CT molecular complexity index is 890. The highest BCUT2D eigenvalue weighted by Gasteiger charge is 2.21. The number of hydrogen-bond acceptors (Lipinski definition) is 5. The molecule has 26 heavy (non-hydrogen) atoms. The van der Waals surface area contributed by atoms with E-state index in [1.165, 1.54) is 11.1 Å². The van der Waals surface area contributed by atoms with E-state index in [9.17, 15) is 0 Å². The van der Waals surface area contributed by atoms with Crippen molar-refractivity contribution in [2.24, 2.45) is 0 Å². The van der Waals surface area contributed by atoms with Gasteiger partial charge in [0.25, 0.3) is 0 Å². The lowest BCUT2D eigenvalue weighted by Gasteiger charge is -2.28. The minimum Gasteiger partial charge on any atom is -0.493 e. The zero-order valence-corrected chi connectivity index (χ0v) is 15.1. The first kappa shape index (κ1) is 16.7. The molecule has 1 aliphatic heterocycles. The number of fused-ring (bicyclic) bond motifs is 1. The van der Waals surface area contributed by atoms with E-state index in [0.717, 1.165) is 48.2 Å². The van der Waals surface area contributed by atoms with Crippen LogP contribution in [0, 0.1) is 0 Å². The molecule has 0 atom stereocenters. The van der Waals surface area contributed by atoms with Crippen molar-refractivity contribution in [1.29, 1.82) is 0 Å². The molecule has 3 aromatic rings. The van der Waals surface area contributed by atoms with Gasteiger partial charge in [-0.1, -0.05) is 30.3 Å². The molecule has 2 aromatic carbocycles. The van der Waals surface area contributed by atoms with Gasteiger partial charge in [0.2, 0.25) is 5.89 Å². The fourth-order valence-electron chi connectivity index (χ4n) is 3.39. The molecule has 0 amide bonds. The van der Waals surface area contributed by atoms with Crippen molar-refractivity contribution >= 4 is 0 Å². The monoisotopic (exact) mass is 350 g/mol. The second-order valence-electron chi connectivity index (χ2n) is 6.42. The van der Waals surface area contributed by atoms with Crippen LogP contribution in [0.25, 0.3) is 11.3 Å². The predicted octanol–water partition coefficient (Wildman–Crippen LogP) is 3.92. The molecule has 0 unspecified atom stereocenters. The smallest absolute Gasteiger partial charge is 0.209 e. The second-order valence-corrected chi connectivity index (χ2v) is 6.42. The lowest BCUT2D eigenvalue weighted by atomic mass is 9.99. The maximum absolute atomic E-state index is 5.94. The Kier molecular flexibility index (Phi) is 4.63. The van der Waals surface area contributed by atoms with Crippen LogP contribution in [-0.2, 0) is 19.5 Å². The number of ether oxygens (including phenoxy) is 2. The molecule has 2 heterocycles. The Hall–Kier alpha value is -2.79. The molecule has 0 N–H and O–H groups in total. The quantitative estimate of drug-likeness (QED) is 0.698. The zero-order valence-electron chi connectivity index (χ0n) is 15.1. The van der Waals surface area contributed by atoms with Gasteiger partial charge in [0.15, 0.2) is 17.3 Å². The third kappa shape index (κ3) is 3.30. The van der Waals surface area contributed by atoms with Gasteiger partial charge in [-0.3, -0.25) is 4.90 Å². The SMILES string of the molecule is COc1cc2c(cc1OC)CN(Cc1ncc(-c3ccccc3)o1)CC2. The van der Waals surface area contributed by atoms with Crippen molar-refractivity contribution in [3.63, 3.8) is 0 Å². The number of benzene rings is 2. The van der Waals surface area contributed by atoms with Gasteiger partial charge in [-0.2, -0.15) is 0 Å². The molecule has 0 bridgehead atoms. The normalized spacial score (nSPS) is 14.1. The van der Waals surface area contributed by atoms with Gasteiger partial charge in [0.05, 0.1) is 27.0 Å². The summed E-state index contributed by atoms with van der Waals surface area (Å²) in [7, 11) is 3.34. The van der Waals surface area contributed by atoms with Gasteiger partial charge in [0, 0.05) is 18.7 Å².